The van der Waals surface area contributed by atoms with E-state index in [1.165, 1.54) is 11.9 Å². The summed E-state index contributed by atoms with van der Waals surface area (Å²) in [5.74, 6) is 0. The van der Waals surface area contributed by atoms with Crippen LogP contribution in [0.25, 0.3) is 0 Å². The summed E-state index contributed by atoms with van der Waals surface area (Å²) in [6.07, 6.45) is 2.06. The number of aliphatic imine (C=N–C) groups is 2. The molecule has 4 nitrogen and oxygen atoms in total. The summed E-state index contributed by atoms with van der Waals surface area (Å²) >= 11 is 0. The van der Waals surface area contributed by atoms with Crippen LogP contribution in [-0.4, -0.2) is 24.1 Å². The maximum Gasteiger partial charge on any atom is 0.232 e. The molecular formula is C11H13N3O. The topological polar surface area (TPSA) is 48.2 Å². The largest absolute Gasteiger partial charge is 0.355 e. The van der Waals surface area contributed by atoms with Crippen molar-refractivity contribution in [1.29, 1.82) is 0 Å². The van der Waals surface area contributed by atoms with E-state index in [2.05, 4.69) is 16.1 Å². The molecule has 1 aliphatic heterocycles. The van der Waals surface area contributed by atoms with E-state index < -0.39 is 6.35 Å². The Bertz CT molecular complexity index is 426. The minimum absolute atomic E-state index is 0.871. The van der Waals surface area contributed by atoms with Crippen molar-refractivity contribution in [2.75, 3.05) is 4.90 Å². The lowest BCUT2D eigenvalue weighted by Gasteiger charge is -2.25. The number of hydrogen-bond acceptors (Lipinski definition) is 4. The van der Waals surface area contributed by atoms with Crippen LogP contribution in [0.3, 0.4) is 0 Å². The number of nitrogens with zero attached hydrogens (tertiary/aromatic N) is 3. The van der Waals surface area contributed by atoms with Gasteiger partial charge in [0.05, 0.1) is 0 Å². The minimum atomic E-state index is -0.871. The highest BCUT2D eigenvalue weighted by Gasteiger charge is 2.16. The molecule has 0 fully saturated rings. The molecule has 0 radical (unpaired) electrons. The Morgan fingerprint density at radius 1 is 1.33 bits per heavy atom. The van der Waals surface area contributed by atoms with E-state index in [1.807, 2.05) is 26.0 Å². The molecule has 2 rings (SSSR count). The van der Waals surface area contributed by atoms with Gasteiger partial charge in [-0.05, 0) is 25.5 Å². The van der Waals surface area contributed by atoms with Crippen LogP contribution in [0.1, 0.15) is 11.1 Å². The second-order valence-corrected chi connectivity index (χ2v) is 3.57. The van der Waals surface area contributed by atoms with Crippen molar-refractivity contribution >= 4 is 18.4 Å². The van der Waals surface area contributed by atoms with E-state index in [4.69, 9.17) is 0 Å². The quantitative estimate of drug-likeness (QED) is 0.751. The zero-order chi connectivity index (χ0) is 10.8. The van der Waals surface area contributed by atoms with Gasteiger partial charge in [-0.3, -0.25) is 4.90 Å². The smallest absolute Gasteiger partial charge is 0.232 e. The van der Waals surface area contributed by atoms with Crippen molar-refractivity contribution in [3.8, 4) is 0 Å². The first-order valence-corrected chi connectivity index (χ1v) is 4.77. The zero-order valence-electron chi connectivity index (χ0n) is 8.75. The van der Waals surface area contributed by atoms with Crippen LogP contribution in [0.5, 0.6) is 0 Å². The van der Waals surface area contributed by atoms with Crippen LogP contribution in [-0.2, 0) is 0 Å². The van der Waals surface area contributed by atoms with E-state index in [-0.39, 0.29) is 0 Å². The molecule has 0 aliphatic carbocycles. The minimum Gasteiger partial charge on any atom is -0.355 e. The van der Waals surface area contributed by atoms with Gasteiger partial charge in [0.1, 0.15) is 12.7 Å². The number of aliphatic hydroxyl groups is 1. The molecule has 0 saturated carbocycles. The number of rotatable bonds is 1. The third kappa shape index (κ3) is 1.89. The Balaban J connectivity index is 2.37. The molecule has 0 spiro atoms. The summed E-state index contributed by atoms with van der Waals surface area (Å²) in [6.45, 7) is 4.04. The summed E-state index contributed by atoms with van der Waals surface area (Å²) in [5, 5.41) is 9.65. The molecular weight excluding hydrogens is 190 g/mol. The fourth-order valence-corrected chi connectivity index (χ4v) is 1.61. The Morgan fingerprint density at radius 3 is 2.80 bits per heavy atom. The Hall–Kier alpha value is -1.68. The molecule has 4 heteroatoms. The lowest BCUT2D eigenvalue weighted by atomic mass is 10.1. The van der Waals surface area contributed by atoms with Crippen LogP contribution in [0, 0.1) is 13.8 Å². The summed E-state index contributed by atoms with van der Waals surface area (Å²) in [6, 6.07) is 6.02. The van der Waals surface area contributed by atoms with E-state index in [1.54, 1.807) is 11.2 Å². The van der Waals surface area contributed by atoms with Gasteiger partial charge in [0.15, 0.2) is 0 Å². The van der Waals surface area contributed by atoms with Gasteiger partial charge in [-0.15, -0.1) is 0 Å². The molecule has 1 aliphatic rings. The lowest BCUT2D eigenvalue weighted by molar-refractivity contribution is 0.194. The molecule has 0 aromatic heterocycles. The van der Waals surface area contributed by atoms with Crippen LogP contribution in [0.15, 0.2) is 28.2 Å². The first-order valence-electron chi connectivity index (χ1n) is 4.77. The third-order valence-electron chi connectivity index (χ3n) is 2.34. The van der Waals surface area contributed by atoms with Crippen molar-refractivity contribution in [3.63, 3.8) is 0 Å². The second-order valence-electron chi connectivity index (χ2n) is 3.57. The van der Waals surface area contributed by atoms with E-state index >= 15 is 0 Å². The first kappa shape index (κ1) is 9.86. The van der Waals surface area contributed by atoms with Gasteiger partial charge in [0.25, 0.3) is 0 Å². The zero-order valence-corrected chi connectivity index (χ0v) is 8.75. The summed E-state index contributed by atoms with van der Waals surface area (Å²) < 4.78 is 0. The monoisotopic (exact) mass is 203 g/mol. The predicted molar refractivity (Wildman–Crippen MR) is 61.4 cm³/mol. The molecule has 1 aromatic carbocycles. The Labute approximate surface area is 88.6 Å². The van der Waals surface area contributed by atoms with Crippen LogP contribution >= 0.6 is 0 Å². The SMILES string of the molecule is Cc1ccc(N2C=NC=NC2O)c(C)c1. The lowest BCUT2D eigenvalue weighted by Crippen LogP contribution is -2.35. The van der Waals surface area contributed by atoms with E-state index in [9.17, 15) is 5.11 Å². The second kappa shape index (κ2) is 3.82. The molecule has 0 amide bonds. The van der Waals surface area contributed by atoms with Crippen LogP contribution < -0.4 is 4.90 Å². The van der Waals surface area contributed by atoms with Crippen molar-refractivity contribution in [2.24, 2.45) is 9.98 Å². The fourth-order valence-electron chi connectivity index (χ4n) is 1.61. The van der Waals surface area contributed by atoms with Gasteiger partial charge in [-0.1, -0.05) is 17.7 Å². The maximum atomic E-state index is 9.65. The predicted octanol–water partition coefficient (Wildman–Crippen LogP) is 1.46. The molecule has 78 valence electrons. The molecule has 15 heavy (non-hydrogen) atoms. The van der Waals surface area contributed by atoms with Crippen molar-refractivity contribution in [3.05, 3.63) is 29.3 Å². The van der Waals surface area contributed by atoms with Gasteiger partial charge in [-0.2, -0.15) is 0 Å². The number of hydrogen-bond donors (Lipinski definition) is 1. The molecule has 1 N–H and O–H groups in total. The fraction of sp³-hybridized carbons (Fsp3) is 0.273. The maximum absolute atomic E-state index is 9.65. The number of aliphatic hydroxyl groups excluding tert-OH is 1. The van der Waals surface area contributed by atoms with Gasteiger partial charge in [0.2, 0.25) is 6.35 Å². The highest BCUT2D eigenvalue weighted by atomic mass is 16.3. The van der Waals surface area contributed by atoms with Gasteiger partial charge in [0, 0.05) is 5.69 Å². The standard InChI is InChI=1S/C11H13N3O/c1-8-3-4-10(9(2)5-8)14-7-12-6-13-11(14)15/h3-7,11,15H,1-2H3. The summed E-state index contributed by atoms with van der Waals surface area (Å²) in [7, 11) is 0. The van der Waals surface area contributed by atoms with Crippen LogP contribution in [0.4, 0.5) is 5.69 Å². The van der Waals surface area contributed by atoms with Crippen molar-refractivity contribution in [1.82, 2.24) is 0 Å². The average molecular weight is 203 g/mol. The Morgan fingerprint density at radius 2 is 2.13 bits per heavy atom. The number of anilines is 1. The molecule has 0 bridgehead atoms. The molecule has 1 unspecified atom stereocenters. The molecule has 1 aromatic rings. The number of aryl methyl sites for hydroxylation is 2. The van der Waals surface area contributed by atoms with Crippen LogP contribution in [0.2, 0.25) is 0 Å². The average Bonchev–Trinajstić information content (AvgIpc) is 2.20. The summed E-state index contributed by atoms with van der Waals surface area (Å²) in [4.78, 5) is 9.34. The highest BCUT2D eigenvalue weighted by Crippen LogP contribution is 2.22. The molecule has 1 heterocycles. The van der Waals surface area contributed by atoms with E-state index in [0.29, 0.717) is 0 Å². The van der Waals surface area contributed by atoms with Crippen molar-refractivity contribution < 1.29 is 5.11 Å². The van der Waals surface area contributed by atoms with E-state index in [0.717, 1.165) is 11.3 Å². The third-order valence-corrected chi connectivity index (χ3v) is 2.34. The summed E-state index contributed by atoms with van der Waals surface area (Å²) in [5.41, 5.74) is 3.22. The number of benzene rings is 1. The Kier molecular flexibility index (Phi) is 2.51. The van der Waals surface area contributed by atoms with Gasteiger partial charge < -0.3 is 5.11 Å². The molecule has 0 saturated heterocycles. The van der Waals surface area contributed by atoms with Gasteiger partial charge >= 0.3 is 0 Å². The normalized spacial score (nSPS) is 19.7. The first-order chi connectivity index (χ1) is 7.18. The highest BCUT2D eigenvalue weighted by molar-refractivity contribution is 5.88. The molecule has 1 atom stereocenters. The van der Waals surface area contributed by atoms with Crippen molar-refractivity contribution in [2.45, 2.75) is 20.2 Å². The van der Waals surface area contributed by atoms with Gasteiger partial charge in [-0.25, -0.2) is 9.98 Å².